The maximum atomic E-state index is 12.1. The lowest BCUT2D eigenvalue weighted by atomic mass is 9.89. The molecule has 3 aliphatic rings. The van der Waals surface area contributed by atoms with Crippen molar-refractivity contribution >= 4 is 5.91 Å². The lowest BCUT2D eigenvalue weighted by molar-refractivity contribution is -0.129. The molecule has 1 saturated heterocycles. The molecule has 1 saturated carbocycles. The molecule has 4 nitrogen and oxygen atoms in total. The first-order valence-corrected chi connectivity index (χ1v) is 12.2. The summed E-state index contributed by atoms with van der Waals surface area (Å²) < 4.78 is 0. The Morgan fingerprint density at radius 3 is 2.90 bits per heavy atom. The molecule has 4 atom stereocenters. The number of amides is 1. The predicted octanol–water partition coefficient (Wildman–Crippen LogP) is 4.03. The predicted molar refractivity (Wildman–Crippen MR) is 126 cm³/mol. The van der Waals surface area contributed by atoms with Crippen LogP contribution in [0.3, 0.4) is 0 Å². The summed E-state index contributed by atoms with van der Waals surface area (Å²) in [6.45, 7) is 5.32. The van der Waals surface area contributed by atoms with Gasteiger partial charge in [-0.25, -0.2) is 0 Å². The average molecular weight is 423 g/mol. The molecule has 1 aliphatic heterocycles. The van der Waals surface area contributed by atoms with Gasteiger partial charge in [-0.05, 0) is 75.8 Å². The van der Waals surface area contributed by atoms with E-state index >= 15 is 0 Å². The minimum atomic E-state index is -0.209. The lowest BCUT2D eigenvalue weighted by Crippen LogP contribution is -2.36. The molecule has 1 heterocycles. The van der Waals surface area contributed by atoms with Crippen LogP contribution in [0.25, 0.3) is 0 Å². The van der Waals surface area contributed by atoms with Gasteiger partial charge < -0.3 is 15.3 Å². The minimum Gasteiger partial charge on any atom is -0.392 e. The fraction of sp³-hybridized carbons (Fsp3) is 0.593. The van der Waals surface area contributed by atoms with Crippen LogP contribution < -0.4 is 5.32 Å². The quantitative estimate of drug-likeness (QED) is 0.467. The largest absolute Gasteiger partial charge is 0.392 e. The summed E-state index contributed by atoms with van der Waals surface area (Å²) in [5.74, 6) is 1.59. The van der Waals surface area contributed by atoms with Crippen LogP contribution in [-0.2, 0) is 11.2 Å². The third-order valence-corrected chi connectivity index (χ3v) is 7.35. The molecular formula is C27H38N2O2. The number of fused-ring (bicyclic) bond motifs is 1. The van der Waals surface area contributed by atoms with E-state index in [0.717, 1.165) is 64.6 Å². The topological polar surface area (TPSA) is 52.6 Å². The third kappa shape index (κ3) is 5.87. The van der Waals surface area contributed by atoms with Crippen LogP contribution in [-0.4, -0.2) is 48.2 Å². The summed E-state index contributed by atoms with van der Waals surface area (Å²) in [5, 5.41) is 13.9. The number of allylic oxidation sites excluding steroid dienone is 2. The van der Waals surface area contributed by atoms with Crippen molar-refractivity contribution in [2.24, 2.45) is 17.8 Å². The van der Waals surface area contributed by atoms with Crippen LogP contribution in [0.4, 0.5) is 0 Å². The van der Waals surface area contributed by atoms with Gasteiger partial charge in [0.1, 0.15) is 0 Å². The maximum Gasteiger partial charge on any atom is 0.236 e. The van der Waals surface area contributed by atoms with Gasteiger partial charge in [0.15, 0.2) is 0 Å². The van der Waals surface area contributed by atoms with Gasteiger partial charge in [-0.15, -0.1) is 0 Å². The van der Waals surface area contributed by atoms with Crippen molar-refractivity contribution in [1.82, 2.24) is 10.2 Å². The summed E-state index contributed by atoms with van der Waals surface area (Å²) in [6, 6.07) is 8.72. The van der Waals surface area contributed by atoms with Crippen LogP contribution >= 0.6 is 0 Å². The number of carbonyl (C=O) groups excluding carboxylic acids is 1. The molecule has 4 rings (SSSR count). The van der Waals surface area contributed by atoms with Crippen LogP contribution in [0.2, 0.25) is 0 Å². The van der Waals surface area contributed by atoms with Crippen LogP contribution in [0.1, 0.15) is 49.7 Å². The highest BCUT2D eigenvalue weighted by atomic mass is 16.3. The fourth-order valence-corrected chi connectivity index (χ4v) is 5.68. The number of benzene rings is 1. The zero-order valence-electron chi connectivity index (χ0n) is 18.9. The van der Waals surface area contributed by atoms with E-state index in [0.29, 0.717) is 18.4 Å². The van der Waals surface area contributed by atoms with Gasteiger partial charge in [0.05, 0.1) is 12.6 Å². The van der Waals surface area contributed by atoms with Crippen LogP contribution in [0, 0.1) is 24.7 Å². The maximum absolute atomic E-state index is 12.1. The molecule has 2 N–H and O–H groups in total. The second-order valence-electron chi connectivity index (χ2n) is 9.71. The van der Waals surface area contributed by atoms with Crippen molar-refractivity contribution in [3.8, 4) is 0 Å². The zero-order chi connectivity index (χ0) is 21.6. The summed E-state index contributed by atoms with van der Waals surface area (Å²) in [6.07, 6.45) is 14.1. The number of hydrogen-bond acceptors (Lipinski definition) is 3. The fourth-order valence-electron chi connectivity index (χ4n) is 5.68. The number of aryl methyl sites for hydroxylation is 2. The first-order valence-electron chi connectivity index (χ1n) is 12.2. The number of aliphatic hydroxyl groups excluding tert-OH is 1. The smallest absolute Gasteiger partial charge is 0.236 e. The van der Waals surface area contributed by atoms with Gasteiger partial charge in [0, 0.05) is 19.0 Å². The Morgan fingerprint density at radius 1 is 1.26 bits per heavy atom. The monoisotopic (exact) mass is 422 g/mol. The second kappa shape index (κ2) is 10.6. The minimum absolute atomic E-state index is 0.209. The van der Waals surface area contributed by atoms with Crippen molar-refractivity contribution < 1.29 is 9.90 Å². The number of aliphatic hydroxyl groups is 1. The van der Waals surface area contributed by atoms with Crippen molar-refractivity contribution in [3.05, 3.63) is 59.2 Å². The van der Waals surface area contributed by atoms with E-state index < -0.39 is 0 Å². The van der Waals surface area contributed by atoms with Gasteiger partial charge in [0.25, 0.3) is 0 Å². The van der Waals surface area contributed by atoms with Gasteiger partial charge >= 0.3 is 0 Å². The number of likely N-dealkylation sites (tertiary alicyclic amines) is 1. The standard InChI is InChI=1S/C27H38N2O2/c1-20-7-6-9-21(15-20)8-2-3-10-24-25-17-22(16-23(25)18-26(24)30)11-12-28-19-27(31)29-13-4-5-14-29/h3,6-7,9-10,15-16,23-26,28,30H,2,4-5,8,11-14,17-19H2,1H3/b10-3+/t23-,24+,25-,26+/m0/s1. The molecule has 0 aromatic heterocycles. The van der Waals surface area contributed by atoms with E-state index in [-0.39, 0.29) is 17.9 Å². The Morgan fingerprint density at radius 2 is 2.10 bits per heavy atom. The molecule has 2 aliphatic carbocycles. The van der Waals surface area contributed by atoms with Crippen LogP contribution in [0.5, 0.6) is 0 Å². The van der Waals surface area contributed by atoms with Gasteiger partial charge in [0.2, 0.25) is 5.91 Å². The molecular weight excluding hydrogens is 384 g/mol. The van der Waals surface area contributed by atoms with E-state index in [2.05, 4.69) is 54.7 Å². The normalized spacial score (nSPS) is 27.8. The number of rotatable bonds is 9. The molecule has 0 bridgehead atoms. The van der Waals surface area contributed by atoms with E-state index in [1.807, 2.05) is 4.90 Å². The Balaban J connectivity index is 1.18. The van der Waals surface area contributed by atoms with Crippen molar-refractivity contribution in [3.63, 3.8) is 0 Å². The molecule has 2 fully saturated rings. The zero-order valence-corrected chi connectivity index (χ0v) is 18.9. The number of carbonyl (C=O) groups is 1. The molecule has 0 unspecified atom stereocenters. The van der Waals surface area contributed by atoms with Crippen molar-refractivity contribution in [2.75, 3.05) is 26.2 Å². The second-order valence-corrected chi connectivity index (χ2v) is 9.71. The molecule has 1 amide bonds. The highest BCUT2D eigenvalue weighted by Crippen LogP contribution is 2.47. The van der Waals surface area contributed by atoms with Gasteiger partial charge in [-0.3, -0.25) is 4.79 Å². The highest BCUT2D eigenvalue weighted by Gasteiger charge is 2.43. The summed E-state index contributed by atoms with van der Waals surface area (Å²) in [5.41, 5.74) is 4.20. The van der Waals surface area contributed by atoms with E-state index in [1.54, 1.807) is 0 Å². The van der Waals surface area contributed by atoms with Gasteiger partial charge in [-0.1, -0.05) is 53.6 Å². The molecule has 1 aromatic carbocycles. The molecule has 4 heteroatoms. The molecule has 168 valence electrons. The Hall–Kier alpha value is -1.91. The SMILES string of the molecule is Cc1cccc(CC/C=C/[C@@H]2[C@H]3CC(CCNCC(=O)N4CCCC4)=C[C@H]3C[C@H]2O)c1. The molecule has 31 heavy (non-hydrogen) atoms. The highest BCUT2D eigenvalue weighted by molar-refractivity contribution is 5.78. The van der Waals surface area contributed by atoms with E-state index in [1.165, 1.54) is 16.7 Å². The molecule has 1 aromatic rings. The van der Waals surface area contributed by atoms with Crippen molar-refractivity contribution in [1.29, 1.82) is 0 Å². The van der Waals surface area contributed by atoms with E-state index in [9.17, 15) is 9.90 Å². The van der Waals surface area contributed by atoms with Gasteiger partial charge in [-0.2, -0.15) is 0 Å². The Kier molecular flexibility index (Phi) is 7.62. The number of nitrogens with one attached hydrogen (secondary N) is 1. The Bertz CT molecular complexity index is 809. The first-order chi connectivity index (χ1) is 15.1. The van der Waals surface area contributed by atoms with Crippen LogP contribution in [0.15, 0.2) is 48.1 Å². The lowest BCUT2D eigenvalue weighted by Gasteiger charge is -2.18. The van der Waals surface area contributed by atoms with Crippen molar-refractivity contribution in [2.45, 2.75) is 58.0 Å². The number of hydrogen-bond donors (Lipinski definition) is 2. The summed E-state index contributed by atoms with van der Waals surface area (Å²) in [4.78, 5) is 14.1. The van der Waals surface area contributed by atoms with E-state index in [4.69, 9.17) is 0 Å². The molecule has 0 radical (unpaired) electrons. The Labute approximate surface area is 187 Å². The third-order valence-electron chi connectivity index (χ3n) is 7.35. The first kappa shape index (κ1) is 22.3. The molecule has 0 spiro atoms. The average Bonchev–Trinajstić information content (AvgIpc) is 3.46. The summed E-state index contributed by atoms with van der Waals surface area (Å²) >= 11 is 0. The number of nitrogens with zero attached hydrogens (tertiary/aromatic N) is 1. The summed E-state index contributed by atoms with van der Waals surface area (Å²) in [7, 11) is 0.